The Kier molecular flexibility index (Phi) is 6.96. The third-order valence-corrected chi connectivity index (χ3v) is 6.75. The summed E-state index contributed by atoms with van der Waals surface area (Å²) in [7, 11) is 0. The van der Waals surface area contributed by atoms with E-state index in [1.54, 1.807) is 6.92 Å². The van der Waals surface area contributed by atoms with Crippen LogP contribution in [0.3, 0.4) is 0 Å². The smallest absolute Gasteiger partial charge is 0.416 e. The number of phenolic OH excluding ortho intramolecular Hbond substituents is 1. The molecule has 0 saturated carbocycles. The lowest BCUT2D eigenvalue weighted by molar-refractivity contribution is -0.137. The van der Waals surface area contributed by atoms with Crippen molar-refractivity contribution in [2.24, 2.45) is 0 Å². The highest BCUT2D eigenvalue weighted by Crippen LogP contribution is 2.43. The Morgan fingerprint density at radius 1 is 1.22 bits per heavy atom. The van der Waals surface area contributed by atoms with Crippen molar-refractivity contribution in [3.05, 3.63) is 56.0 Å². The fraction of sp³-hybridized carbons (Fsp3) is 0.150. The predicted molar refractivity (Wildman–Crippen MR) is 122 cm³/mol. The molecule has 0 radical (unpaired) electrons. The van der Waals surface area contributed by atoms with Crippen LogP contribution in [0.4, 0.5) is 18.9 Å². The first-order valence-corrected chi connectivity index (χ1v) is 10.9. The van der Waals surface area contributed by atoms with E-state index in [4.69, 9.17) is 17.0 Å². The van der Waals surface area contributed by atoms with Crippen LogP contribution in [0.1, 0.15) is 18.1 Å². The summed E-state index contributed by atoms with van der Waals surface area (Å²) < 4.78 is 45.2. The second kappa shape index (κ2) is 9.20. The lowest BCUT2D eigenvalue weighted by atomic mass is 10.1. The maximum Gasteiger partial charge on any atom is 0.416 e. The third kappa shape index (κ3) is 4.66. The van der Waals surface area contributed by atoms with Gasteiger partial charge in [-0.05, 0) is 86.9 Å². The second-order valence-corrected chi connectivity index (χ2v) is 8.35. The molecule has 1 fully saturated rings. The molecule has 168 valence electrons. The maximum atomic E-state index is 13.1. The zero-order valence-electron chi connectivity index (χ0n) is 16.1. The first-order chi connectivity index (χ1) is 15.0. The van der Waals surface area contributed by atoms with E-state index in [1.807, 2.05) is 0 Å². The minimum atomic E-state index is -4.63. The zero-order chi connectivity index (χ0) is 23.8. The normalized spacial score (nSPS) is 15.9. The highest BCUT2D eigenvalue weighted by atomic mass is 79.9. The van der Waals surface area contributed by atoms with Gasteiger partial charge in [0.25, 0.3) is 11.8 Å². The molecule has 3 rings (SSSR count). The van der Waals surface area contributed by atoms with Gasteiger partial charge < -0.3 is 9.84 Å². The zero-order valence-corrected chi connectivity index (χ0v) is 20.1. The molecule has 2 aromatic carbocycles. The summed E-state index contributed by atoms with van der Waals surface area (Å²) in [5.74, 6) is -1.82. The summed E-state index contributed by atoms with van der Waals surface area (Å²) in [6, 6.07) is 5.43. The van der Waals surface area contributed by atoms with Gasteiger partial charge >= 0.3 is 6.18 Å². The molecular weight excluding hydrogens is 581 g/mol. The maximum absolute atomic E-state index is 13.1. The van der Waals surface area contributed by atoms with Crippen molar-refractivity contribution >= 4 is 72.8 Å². The van der Waals surface area contributed by atoms with E-state index in [2.05, 4.69) is 37.2 Å². The summed E-state index contributed by atoms with van der Waals surface area (Å²) >= 11 is 11.5. The molecular formula is C20H13Br2F3N2O4S. The number of hydrogen-bond acceptors (Lipinski definition) is 5. The van der Waals surface area contributed by atoms with Gasteiger partial charge in [-0.15, -0.1) is 0 Å². The highest BCUT2D eigenvalue weighted by Gasteiger charge is 2.37. The summed E-state index contributed by atoms with van der Waals surface area (Å²) in [4.78, 5) is 26.4. The minimum Gasteiger partial charge on any atom is -0.503 e. The number of aromatic hydroxyl groups is 1. The Morgan fingerprint density at radius 2 is 1.91 bits per heavy atom. The lowest BCUT2D eigenvalue weighted by Gasteiger charge is -2.29. The second-order valence-electron chi connectivity index (χ2n) is 6.38. The molecule has 2 aromatic rings. The number of alkyl halides is 3. The number of halogens is 5. The molecule has 2 amide bonds. The molecule has 0 atom stereocenters. The van der Waals surface area contributed by atoms with Crippen LogP contribution < -0.4 is 15.0 Å². The van der Waals surface area contributed by atoms with Crippen LogP contribution in [0.25, 0.3) is 6.08 Å². The van der Waals surface area contributed by atoms with E-state index in [0.29, 0.717) is 10.0 Å². The van der Waals surface area contributed by atoms with Crippen molar-refractivity contribution in [2.75, 3.05) is 11.5 Å². The van der Waals surface area contributed by atoms with Gasteiger partial charge in [0.05, 0.1) is 22.3 Å². The van der Waals surface area contributed by atoms with Crippen molar-refractivity contribution < 1.29 is 32.6 Å². The molecule has 2 N–H and O–H groups in total. The Balaban J connectivity index is 2.10. The number of rotatable bonds is 4. The van der Waals surface area contributed by atoms with E-state index in [9.17, 15) is 27.9 Å². The number of ether oxygens (including phenoxy) is 1. The molecule has 1 aliphatic heterocycles. The summed E-state index contributed by atoms with van der Waals surface area (Å²) in [6.07, 6.45) is -3.41. The molecule has 6 nitrogen and oxygen atoms in total. The number of nitrogens with one attached hydrogen (secondary N) is 1. The van der Waals surface area contributed by atoms with Crippen LogP contribution in [-0.4, -0.2) is 28.6 Å². The molecule has 1 heterocycles. The number of amides is 2. The largest absolute Gasteiger partial charge is 0.503 e. The van der Waals surface area contributed by atoms with Crippen LogP contribution >= 0.6 is 44.1 Å². The fourth-order valence-electron chi connectivity index (χ4n) is 2.85. The molecule has 32 heavy (non-hydrogen) atoms. The number of nitrogens with zero attached hydrogens (tertiary/aromatic N) is 1. The summed E-state index contributed by atoms with van der Waals surface area (Å²) in [6.45, 7) is 1.95. The van der Waals surface area contributed by atoms with Crippen molar-refractivity contribution in [1.82, 2.24) is 5.32 Å². The lowest BCUT2D eigenvalue weighted by Crippen LogP contribution is -2.54. The monoisotopic (exact) mass is 592 g/mol. The van der Waals surface area contributed by atoms with Gasteiger partial charge in [0.2, 0.25) is 0 Å². The predicted octanol–water partition coefficient (Wildman–Crippen LogP) is 5.17. The third-order valence-electron chi connectivity index (χ3n) is 4.31. The van der Waals surface area contributed by atoms with Crippen LogP contribution in [0.15, 0.2) is 44.9 Å². The van der Waals surface area contributed by atoms with Gasteiger partial charge in [0.15, 0.2) is 16.6 Å². The number of phenols is 1. The minimum absolute atomic E-state index is 0.100. The van der Waals surface area contributed by atoms with E-state index < -0.39 is 23.6 Å². The van der Waals surface area contributed by atoms with E-state index in [0.717, 1.165) is 23.1 Å². The molecule has 0 aliphatic carbocycles. The topological polar surface area (TPSA) is 78.9 Å². The SMILES string of the molecule is CCOc1cc(/C=C2\C(=O)NC(=S)N(c3cccc(C(F)(F)F)c3)C2=O)c(Br)c(Br)c1O. The Morgan fingerprint density at radius 3 is 2.53 bits per heavy atom. The number of carbonyl (C=O) groups is 2. The Hall–Kier alpha value is -2.44. The Bertz CT molecular complexity index is 1170. The van der Waals surface area contributed by atoms with Crippen molar-refractivity contribution in [2.45, 2.75) is 13.1 Å². The van der Waals surface area contributed by atoms with E-state index in [-0.39, 0.29) is 39.0 Å². The first-order valence-electron chi connectivity index (χ1n) is 8.88. The summed E-state index contributed by atoms with van der Waals surface area (Å²) in [5.41, 5.74) is -1.20. The van der Waals surface area contributed by atoms with Gasteiger partial charge in [0, 0.05) is 4.47 Å². The van der Waals surface area contributed by atoms with Gasteiger partial charge in [0.1, 0.15) is 5.57 Å². The van der Waals surface area contributed by atoms with Crippen LogP contribution in [0.2, 0.25) is 0 Å². The molecule has 0 aromatic heterocycles. The van der Waals surface area contributed by atoms with E-state index in [1.165, 1.54) is 18.2 Å². The van der Waals surface area contributed by atoms with Gasteiger partial charge in [-0.25, -0.2) is 0 Å². The quantitative estimate of drug-likeness (QED) is 0.291. The van der Waals surface area contributed by atoms with Gasteiger partial charge in [-0.3, -0.25) is 19.8 Å². The Labute approximate surface area is 202 Å². The summed E-state index contributed by atoms with van der Waals surface area (Å²) in [5, 5.41) is 12.1. The fourth-order valence-corrected chi connectivity index (χ4v) is 3.97. The van der Waals surface area contributed by atoms with E-state index >= 15 is 0 Å². The molecule has 0 bridgehead atoms. The number of carbonyl (C=O) groups excluding carboxylic acids is 2. The van der Waals surface area contributed by atoms with Crippen molar-refractivity contribution in [3.63, 3.8) is 0 Å². The number of benzene rings is 2. The van der Waals surface area contributed by atoms with Crippen molar-refractivity contribution in [3.8, 4) is 11.5 Å². The average molecular weight is 594 g/mol. The van der Waals surface area contributed by atoms with Crippen LogP contribution in [0.5, 0.6) is 11.5 Å². The van der Waals surface area contributed by atoms with Gasteiger partial charge in [-0.1, -0.05) is 6.07 Å². The van der Waals surface area contributed by atoms with Gasteiger partial charge in [-0.2, -0.15) is 13.2 Å². The molecule has 1 aliphatic rings. The first kappa shape index (κ1) is 24.2. The molecule has 0 spiro atoms. The highest BCUT2D eigenvalue weighted by molar-refractivity contribution is 9.13. The molecule has 12 heteroatoms. The number of anilines is 1. The van der Waals surface area contributed by atoms with Crippen molar-refractivity contribution in [1.29, 1.82) is 0 Å². The molecule has 1 saturated heterocycles. The average Bonchev–Trinajstić information content (AvgIpc) is 2.72. The number of hydrogen-bond donors (Lipinski definition) is 2. The molecule has 0 unspecified atom stereocenters. The standard InChI is InChI=1S/C20H13Br2F3N2O4S/c1-2-31-13-7-9(14(21)15(22)16(13)28)6-12-17(29)26-19(32)27(18(12)30)11-5-3-4-10(8-11)20(23,24)25/h3-8,28H,2H2,1H3,(H,26,29,32)/b12-6+. The number of thiocarbonyl (C=S) groups is 1. The van der Waals surface area contributed by atoms with Crippen LogP contribution in [0, 0.1) is 0 Å². The van der Waals surface area contributed by atoms with Crippen LogP contribution in [-0.2, 0) is 15.8 Å².